The van der Waals surface area contributed by atoms with Gasteiger partial charge in [0.2, 0.25) is 0 Å². The van der Waals surface area contributed by atoms with Crippen molar-refractivity contribution < 1.29 is 19.1 Å². The molecule has 0 radical (unpaired) electrons. The van der Waals surface area contributed by atoms with Crippen LogP contribution in [0, 0.1) is 0 Å². The molecule has 6 heteroatoms. The van der Waals surface area contributed by atoms with Gasteiger partial charge in [-0.05, 0) is 13.8 Å². The van der Waals surface area contributed by atoms with Crippen LogP contribution in [0.2, 0.25) is 0 Å². The Labute approximate surface area is 92.8 Å². The van der Waals surface area contributed by atoms with E-state index in [1.54, 1.807) is 0 Å². The molecule has 2 heterocycles. The number of rotatable bonds is 2. The lowest BCUT2D eigenvalue weighted by Crippen LogP contribution is -2.45. The predicted octanol–water partition coefficient (Wildman–Crippen LogP) is 0.986. The first kappa shape index (κ1) is 10.9. The van der Waals surface area contributed by atoms with E-state index in [0.29, 0.717) is 19.1 Å². The van der Waals surface area contributed by atoms with Crippen molar-refractivity contribution in [2.24, 2.45) is 0 Å². The van der Waals surface area contributed by atoms with E-state index in [9.17, 15) is 4.79 Å². The summed E-state index contributed by atoms with van der Waals surface area (Å²) in [5.41, 5.74) is -0.0678. The summed E-state index contributed by atoms with van der Waals surface area (Å²) in [6.45, 7) is 5.24. The van der Waals surface area contributed by atoms with Crippen LogP contribution in [-0.2, 0) is 4.74 Å². The van der Waals surface area contributed by atoms with Gasteiger partial charge in [-0.3, -0.25) is 0 Å². The molecule has 1 aromatic rings. The Balaban J connectivity index is 2.13. The highest BCUT2D eigenvalue weighted by molar-refractivity contribution is 5.85. The maximum absolute atomic E-state index is 10.7. The minimum Gasteiger partial charge on any atom is -0.476 e. The Morgan fingerprint density at radius 2 is 2.12 bits per heavy atom. The number of aromatic carboxylic acids is 1. The van der Waals surface area contributed by atoms with E-state index in [1.807, 2.05) is 18.7 Å². The molecule has 16 heavy (non-hydrogen) atoms. The molecule has 0 bridgehead atoms. The van der Waals surface area contributed by atoms with Gasteiger partial charge in [-0.1, -0.05) is 0 Å². The van der Waals surface area contributed by atoms with Gasteiger partial charge in [0.05, 0.1) is 12.2 Å². The first-order valence-corrected chi connectivity index (χ1v) is 5.15. The maximum atomic E-state index is 10.7. The summed E-state index contributed by atoms with van der Waals surface area (Å²) in [6, 6.07) is 0.347. The third kappa shape index (κ3) is 2.16. The van der Waals surface area contributed by atoms with Crippen LogP contribution in [0.4, 0.5) is 6.01 Å². The molecule has 1 aliphatic heterocycles. The van der Waals surface area contributed by atoms with Crippen molar-refractivity contribution in [3.8, 4) is 0 Å². The van der Waals surface area contributed by atoms with E-state index in [4.69, 9.17) is 14.3 Å². The van der Waals surface area contributed by atoms with Crippen molar-refractivity contribution in [3.63, 3.8) is 0 Å². The summed E-state index contributed by atoms with van der Waals surface area (Å²) in [5.74, 6) is -1.08. The van der Waals surface area contributed by atoms with Crippen LogP contribution in [0.25, 0.3) is 0 Å². The lowest BCUT2D eigenvalue weighted by atomic mass is 10.2. The number of carboxylic acid groups (broad SMARTS) is 1. The molecule has 0 aliphatic carbocycles. The normalized spacial score (nSPS) is 25.8. The number of ether oxygens (including phenoxy) is 1. The van der Waals surface area contributed by atoms with Crippen LogP contribution in [-0.4, -0.2) is 41.4 Å². The maximum Gasteiger partial charge on any atom is 0.357 e. The van der Waals surface area contributed by atoms with Crippen LogP contribution in [0.15, 0.2) is 10.7 Å². The minimum atomic E-state index is -1.08. The average Bonchev–Trinajstić information content (AvgIpc) is 2.64. The van der Waals surface area contributed by atoms with E-state index < -0.39 is 5.97 Å². The zero-order chi connectivity index (χ0) is 11.7. The fraction of sp³-hybridized carbons (Fsp3) is 0.600. The molecular weight excluding hydrogens is 212 g/mol. The van der Waals surface area contributed by atoms with Gasteiger partial charge >= 0.3 is 5.97 Å². The number of anilines is 1. The van der Waals surface area contributed by atoms with E-state index >= 15 is 0 Å². The summed E-state index contributed by atoms with van der Waals surface area (Å²) in [4.78, 5) is 16.5. The largest absolute Gasteiger partial charge is 0.476 e. The summed E-state index contributed by atoms with van der Waals surface area (Å²) < 4.78 is 10.7. The first-order chi connectivity index (χ1) is 7.56. The lowest BCUT2D eigenvalue weighted by Gasteiger charge is -2.34. The molecule has 0 saturated carbocycles. The summed E-state index contributed by atoms with van der Waals surface area (Å²) in [7, 11) is 0. The number of oxazole rings is 1. The Hall–Kier alpha value is -1.56. The summed E-state index contributed by atoms with van der Waals surface area (Å²) in [5, 5.41) is 8.73. The van der Waals surface area contributed by atoms with Gasteiger partial charge in [0.25, 0.3) is 6.01 Å². The first-order valence-electron chi connectivity index (χ1n) is 5.15. The molecule has 0 spiro atoms. The van der Waals surface area contributed by atoms with Crippen LogP contribution >= 0.6 is 0 Å². The molecule has 1 aliphatic rings. The Morgan fingerprint density at radius 1 is 1.50 bits per heavy atom. The van der Waals surface area contributed by atoms with Crippen LogP contribution in [0.5, 0.6) is 0 Å². The van der Waals surface area contributed by atoms with Gasteiger partial charge in [-0.25, -0.2) is 4.79 Å². The van der Waals surface area contributed by atoms with E-state index in [-0.39, 0.29) is 17.9 Å². The van der Waals surface area contributed by atoms with Crippen molar-refractivity contribution >= 4 is 12.0 Å². The number of nitrogens with zero attached hydrogens (tertiary/aromatic N) is 2. The number of hydrogen-bond acceptors (Lipinski definition) is 5. The molecule has 0 amide bonds. The SMILES string of the molecule is C[C@@H]1CN(c2nc(C(=O)O)co2)C[C@@H](C)O1. The zero-order valence-electron chi connectivity index (χ0n) is 9.21. The van der Waals surface area contributed by atoms with Crippen molar-refractivity contribution in [3.05, 3.63) is 12.0 Å². The molecular formula is C10H14N2O4. The molecule has 0 aromatic carbocycles. The highest BCUT2D eigenvalue weighted by Crippen LogP contribution is 2.19. The molecule has 6 nitrogen and oxygen atoms in total. The third-order valence-corrected chi connectivity index (χ3v) is 2.40. The van der Waals surface area contributed by atoms with Crippen LogP contribution in [0.3, 0.4) is 0 Å². The second-order valence-corrected chi connectivity index (χ2v) is 3.98. The molecule has 1 saturated heterocycles. The zero-order valence-corrected chi connectivity index (χ0v) is 9.21. The number of carboxylic acids is 1. The van der Waals surface area contributed by atoms with Crippen molar-refractivity contribution in [2.45, 2.75) is 26.1 Å². The van der Waals surface area contributed by atoms with Crippen molar-refractivity contribution in [2.75, 3.05) is 18.0 Å². The second kappa shape index (κ2) is 4.13. The van der Waals surface area contributed by atoms with E-state index in [1.165, 1.54) is 0 Å². The van der Waals surface area contributed by atoms with Crippen LogP contribution < -0.4 is 4.90 Å². The van der Waals surface area contributed by atoms with E-state index in [0.717, 1.165) is 6.26 Å². The van der Waals surface area contributed by atoms with Crippen molar-refractivity contribution in [1.82, 2.24) is 4.98 Å². The number of morpholine rings is 1. The average molecular weight is 226 g/mol. The summed E-state index contributed by atoms with van der Waals surface area (Å²) in [6.07, 6.45) is 1.33. The third-order valence-electron chi connectivity index (χ3n) is 2.40. The molecule has 0 unspecified atom stereocenters. The second-order valence-electron chi connectivity index (χ2n) is 3.98. The molecule has 1 fully saturated rings. The quantitative estimate of drug-likeness (QED) is 0.810. The van der Waals surface area contributed by atoms with E-state index in [2.05, 4.69) is 4.98 Å². The molecule has 88 valence electrons. The van der Waals surface area contributed by atoms with Gasteiger partial charge in [-0.2, -0.15) is 4.98 Å². The minimum absolute atomic E-state index is 0.0678. The van der Waals surface area contributed by atoms with Gasteiger partial charge in [0.1, 0.15) is 6.26 Å². The Morgan fingerprint density at radius 3 is 2.62 bits per heavy atom. The monoisotopic (exact) mass is 226 g/mol. The number of aromatic nitrogens is 1. The lowest BCUT2D eigenvalue weighted by molar-refractivity contribution is -0.00670. The van der Waals surface area contributed by atoms with Gasteiger partial charge in [0, 0.05) is 13.1 Å². The topological polar surface area (TPSA) is 75.8 Å². The fourth-order valence-electron chi connectivity index (χ4n) is 1.84. The van der Waals surface area contributed by atoms with Gasteiger partial charge in [0.15, 0.2) is 5.69 Å². The fourth-order valence-corrected chi connectivity index (χ4v) is 1.84. The molecule has 1 aromatic heterocycles. The smallest absolute Gasteiger partial charge is 0.357 e. The predicted molar refractivity (Wildman–Crippen MR) is 55.7 cm³/mol. The number of hydrogen-bond donors (Lipinski definition) is 1. The standard InChI is InChI=1S/C10H14N2O4/c1-6-3-12(4-7(2)16-6)10-11-8(5-15-10)9(13)14/h5-7H,3-4H2,1-2H3,(H,13,14)/t6-,7-/m1/s1. The van der Waals surface area contributed by atoms with Crippen LogP contribution in [0.1, 0.15) is 24.3 Å². The van der Waals surface area contributed by atoms with Crippen molar-refractivity contribution in [1.29, 1.82) is 0 Å². The van der Waals surface area contributed by atoms with Gasteiger partial charge < -0.3 is 19.2 Å². The molecule has 2 rings (SSSR count). The number of carbonyl (C=O) groups is 1. The Bertz CT molecular complexity index is 380. The molecule has 1 N–H and O–H groups in total. The highest BCUT2D eigenvalue weighted by Gasteiger charge is 2.26. The highest BCUT2D eigenvalue weighted by atomic mass is 16.5. The molecule has 2 atom stereocenters. The van der Waals surface area contributed by atoms with Gasteiger partial charge in [-0.15, -0.1) is 0 Å². The summed E-state index contributed by atoms with van der Waals surface area (Å²) >= 11 is 0. The Kier molecular flexibility index (Phi) is 2.82.